The van der Waals surface area contributed by atoms with Crippen molar-refractivity contribution >= 4 is 0 Å². The Hall–Kier alpha value is -2.41. The van der Waals surface area contributed by atoms with E-state index < -0.39 is 18.2 Å². The van der Waals surface area contributed by atoms with Crippen molar-refractivity contribution in [2.75, 3.05) is 0 Å². The largest absolute Gasteiger partial charge is 0.432 e. The maximum Gasteiger partial charge on any atom is 0.387 e. The lowest BCUT2D eigenvalue weighted by atomic mass is 10.0. The maximum absolute atomic E-state index is 13.7. The summed E-state index contributed by atoms with van der Waals surface area (Å²) in [7, 11) is 0. The third-order valence-corrected chi connectivity index (χ3v) is 3.25. The molecule has 2 aromatic rings. The van der Waals surface area contributed by atoms with Crippen molar-refractivity contribution in [1.29, 1.82) is 0 Å². The van der Waals surface area contributed by atoms with E-state index in [1.54, 1.807) is 6.07 Å². The van der Waals surface area contributed by atoms with Crippen LogP contribution < -0.4 is 4.74 Å². The summed E-state index contributed by atoms with van der Waals surface area (Å²) in [5.41, 5.74) is 2.27. The molecule has 4 heteroatoms. The molecule has 0 radical (unpaired) electrons. The van der Waals surface area contributed by atoms with E-state index in [1.165, 1.54) is 12.1 Å². The van der Waals surface area contributed by atoms with Gasteiger partial charge in [-0.3, -0.25) is 0 Å². The van der Waals surface area contributed by atoms with Gasteiger partial charge in [0.2, 0.25) is 0 Å². The molecule has 0 aliphatic carbocycles. The highest BCUT2D eigenvalue weighted by molar-refractivity contribution is 5.65. The van der Waals surface area contributed by atoms with E-state index in [-0.39, 0.29) is 0 Å². The number of hydrogen-bond donors (Lipinski definition) is 0. The minimum Gasteiger partial charge on any atom is -0.432 e. The highest BCUT2D eigenvalue weighted by Crippen LogP contribution is 2.26. The van der Waals surface area contributed by atoms with Crippen LogP contribution in [-0.4, -0.2) is 6.61 Å². The van der Waals surface area contributed by atoms with Gasteiger partial charge in [-0.1, -0.05) is 43.4 Å². The number of alkyl halides is 2. The maximum atomic E-state index is 13.7. The summed E-state index contributed by atoms with van der Waals surface area (Å²) in [4.78, 5) is 0. The SMILES string of the molecule is CCCCC#Cc1ccc(-c2ccc(OC(F)F)c(F)c2)cc1. The molecule has 0 N–H and O–H groups in total. The molecule has 0 saturated carbocycles. The number of ether oxygens (including phenoxy) is 1. The Morgan fingerprint density at radius 2 is 1.74 bits per heavy atom. The summed E-state index contributed by atoms with van der Waals surface area (Å²) in [6.07, 6.45) is 3.07. The normalized spacial score (nSPS) is 10.3. The zero-order valence-corrected chi connectivity index (χ0v) is 12.8. The van der Waals surface area contributed by atoms with Gasteiger partial charge in [0.05, 0.1) is 0 Å². The molecule has 0 aliphatic heterocycles. The molecule has 2 rings (SSSR count). The van der Waals surface area contributed by atoms with Gasteiger partial charge in [-0.15, -0.1) is 0 Å². The van der Waals surface area contributed by atoms with Crippen LogP contribution in [0.1, 0.15) is 31.7 Å². The van der Waals surface area contributed by atoms with E-state index in [9.17, 15) is 13.2 Å². The smallest absolute Gasteiger partial charge is 0.387 e. The molecule has 0 unspecified atom stereocenters. The van der Waals surface area contributed by atoms with Crippen LogP contribution in [0.3, 0.4) is 0 Å². The summed E-state index contributed by atoms with van der Waals surface area (Å²) in [6, 6.07) is 11.3. The van der Waals surface area contributed by atoms with Gasteiger partial charge in [0.1, 0.15) is 0 Å². The summed E-state index contributed by atoms with van der Waals surface area (Å²) in [5, 5.41) is 0. The lowest BCUT2D eigenvalue weighted by Gasteiger charge is -2.08. The number of benzene rings is 2. The van der Waals surface area contributed by atoms with E-state index in [1.807, 2.05) is 24.3 Å². The minimum atomic E-state index is -3.04. The molecule has 0 bridgehead atoms. The molecule has 0 saturated heterocycles. The summed E-state index contributed by atoms with van der Waals surface area (Å²) < 4.78 is 42.1. The van der Waals surface area contributed by atoms with Crippen molar-refractivity contribution in [2.45, 2.75) is 32.8 Å². The molecule has 0 aliphatic rings. The molecular weight excluding hydrogens is 301 g/mol. The fourth-order valence-corrected chi connectivity index (χ4v) is 2.05. The van der Waals surface area contributed by atoms with Gasteiger partial charge in [0, 0.05) is 12.0 Å². The average molecular weight is 318 g/mol. The van der Waals surface area contributed by atoms with Gasteiger partial charge in [-0.2, -0.15) is 8.78 Å². The van der Waals surface area contributed by atoms with Crippen molar-refractivity contribution in [3.8, 4) is 28.7 Å². The molecule has 0 amide bonds. The summed E-state index contributed by atoms with van der Waals surface area (Å²) in [6.45, 7) is -0.923. The van der Waals surface area contributed by atoms with Gasteiger partial charge in [0.25, 0.3) is 0 Å². The Morgan fingerprint density at radius 3 is 2.35 bits per heavy atom. The molecule has 120 valence electrons. The number of hydrogen-bond acceptors (Lipinski definition) is 1. The van der Waals surface area contributed by atoms with Crippen LogP contribution in [0.5, 0.6) is 5.75 Å². The van der Waals surface area contributed by atoms with Gasteiger partial charge < -0.3 is 4.74 Å². The highest BCUT2D eigenvalue weighted by Gasteiger charge is 2.10. The van der Waals surface area contributed by atoms with Gasteiger partial charge in [0.15, 0.2) is 11.6 Å². The first-order valence-electron chi connectivity index (χ1n) is 7.44. The van der Waals surface area contributed by atoms with Crippen molar-refractivity contribution in [3.63, 3.8) is 0 Å². The van der Waals surface area contributed by atoms with Crippen LogP contribution in [0.15, 0.2) is 42.5 Å². The Labute approximate surface area is 134 Å². The van der Waals surface area contributed by atoms with Crippen LogP contribution in [0.25, 0.3) is 11.1 Å². The van der Waals surface area contributed by atoms with Crippen molar-refractivity contribution in [2.24, 2.45) is 0 Å². The number of halogens is 3. The first-order valence-corrected chi connectivity index (χ1v) is 7.44. The molecule has 2 aromatic carbocycles. The van der Waals surface area contributed by atoms with E-state index in [0.717, 1.165) is 30.4 Å². The van der Waals surface area contributed by atoms with E-state index in [0.29, 0.717) is 5.56 Å². The zero-order valence-electron chi connectivity index (χ0n) is 12.8. The Kier molecular flexibility index (Phi) is 6.10. The highest BCUT2D eigenvalue weighted by atomic mass is 19.3. The third kappa shape index (κ3) is 5.07. The van der Waals surface area contributed by atoms with E-state index >= 15 is 0 Å². The van der Waals surface area contributed by atoms with Crippen molar-refractivity contribution in [3.05, 3.63) is 53.8 Å². The second-order valence-corrected chi connectivity index (χ2v) is 5.01. The Balaban J connectivity index is 2.12. The first-order chi connectivity index (χ1) is 11.1. The molecule has 0 fully saturated rings. The lowest BCUT2D eigenvalue weighted by molar-refractivity contribution is -0.0521. The van der Waals surface area contributed by atoms with Gasteiger partial charge in [-0.25, -0.2) is 4.39 Å². The van der Waals surface area contributed by atoms with Crippen LogP contribution in [0, 0.1) is 17.7 Å². The van der Waals surface area contributed by atoms with E-state index in [4.69, 9.17) is 0 Å². The number of rotatable bonds is 5. The second-order valence-electron chi connectivity index (χ2n) is 5.01. The van der Waals surface area contributed by atoms with E-state index in [2.05, 4.69) is 23.5 Å². The molecule has 0 spiro atoms. The van der Waals surface area contributed by atoms with Crippen LogP contribution in [-0.2, 0) is 0 Å². The molecule has 0 atom stereocenters. The average Bonchev–Trinajstić information content (AvgIpc) is 2.54. The van der Waals surface area contributed by atoms with Gasteiger partial charge >= 0.3 is 6.61 Å². The second kappa shape index (κ2) is 8.28. The fraction of sp³-hybridized carbons (Fsp3) is 0.263. The molecule has 1 nitrogen and oxygen atoms in total. The van der Waals surface area contributed by atoms with Crippen molar-refractivity contribution < 1.29 is 17.9 Å². The predicted octanol–water partition coefficient (Wildman–Crippen LogP) is 5.64. The predicted molar refractivity (Wildman–Crippen MR) is 84.9 cm³/mol. The van der Waals surface area contributed by atoms with Crippen molar-refractivity contribution in [1.82, 2.24) is 0 Å². The summed E-state index contributed by atoms with van der Waals surface area (Å²) >= 11 is 0. The Bertz CT molecular complexity index is 697. The minimum absolute atomic E-state index is 0.456. The summed E-state index contributed by atoms with van der Waals surface area (Å²) in [5.74, 6) is 4.90. The van der Waals surface area contributed by atoms with Crippen LogP contribution in [0.4, 0.5) is 13.2 Å². The Morgan fingerprint density at radius 1 is 1.04 bits per heavy atom. The van der Waals surface area contributed by atoms with Crippen LogP contribution >= 0.6 is 0 Å². The fourth-order valence-electron chi connectivity index (χ4n) is 2.05. The standard InChI is InChI=1S/C19H17F3O/c1-2-3-4-5-6-14-7-9-15(10-8-14)16-11-12-18(17(20)13-16)23-19(21)22/h7-13,19H,2-4H2,1H3. The monoisotopic (exact) mass is 318 g/mol. The third-order valence-electron chi connectivity index (χ3n) is 3.25. The zero-order chi connectivity index (χ0) is 16.7. The lowest BCUT2D eigenvalue weighted by Crippen LogP contribution is -2.03. The topological polar surface area (TPSA) is 9.23 Å². The van der Waals surface area contributed by atoms with Crippen LogP contribution in [0.2, 0.25) is 0 Å². The molecule has 0 aromatic heterocycles. The molecular formula is C19H17F3O. The quantitative estimate of drug-likeness (QED) is 0.512. The van der Waals surface area contributed by atoms with Gasteiger partial charge in [-0.05, 0) is 41.8 Å². The number of unbranched alkanes of at least 4 members (excludes halogenated alkanes) is 2. The first kappa shape index (κ1) is 17.0. The molecule has 0 heterocycles. The molecule has 23 heavy (non-hydrogen) atoms.